The van der Waals surface area contributed by atoms with E-state index in [0.29, 0.717) is 12.3 Å². The fraction of sp³-hybridized carbons (Fsp3) is 0.556. The highest BCUT2D eigenvalue weighted by atomic mass is 16.4. The molecule has 0 bridgehead atoms. The van der Waals surface area contributed by atoms with Gasteiger partial charge in [-0.15, -0.1) is 0 Å². The molecule has 3 heterocycles. The number of rotatable bonds is 3. The Balaban J connectivity index is 1.76. The second-order valence-corrected chi connectivity index (χ2v) is 6.69. The molecule has 0 aromatic carbocycles. The van der Waals surface area contributed by atoms with E-state index in [0.717, 1.165) is 30.0 Å². The number of aromatic nitrogens is 2. The van der Waals surface area contributed by atoms with Crippen LogP contribution in [0.5, 0.6) is 0 Å². The molecule has 124 valence electrons. The van der Waals surface area contributed by atoms with Gasteiger partial charge in [-0.3, -0.25) is 9.48 Å². The molecule has 2 aromatic heterocycles. The highest BCUT2D eigenvalue weighted by Crippen LogP contribution is 2.25. The first-order valence-electron chi connectivity index (χ1n) is 8.38. The van der Waals surface area contributed by atoms with Crippen LogP contribution in [0.15, 0.2) is 22.6 Å². The molecule has 1 aliphatic rings. The fourth-order valence-corrected chi connectivity index (χ4v) is 3.51. The molecule has 0 saturated carbocycles. The highest BCUT2D eigenvalue weighted by molar-refractivity contribution is 5.92. The Hall–Kier alpha value is -2.04. The summed E-state index contributed by atoms with van der Waals surface area (Å²) in [5.74, 6) is 1.20. The summed E-state index contributed by atoms with van der Waals surface area (Å²) in [6, 6.07) is 6.25. The van der Waals surface area contributed by atoms with Crippen molar-refractivity contribution in [2.24, 2.45) is 0 Å². The number of hydrogen-bond donors (Lipinski definition) is 0. The summed E-state index contributed by atoms with van der Waals surface area (Å²) in [7, 11) is 0. The molecule has 1 aliphatic heterocycles. The minimum Gasteiger partial charge on any atom is -0.454 e. The van der Waals surface area contributed by atoms with E-state index >= 15 is 0 Å². The topological polar surface area (TPSA) is 51.3 Å². The summed E-state index contributed by atoms with van der Waals surface area (Å²) in [5.41, 5.74) is 2.08. The van der Waals surface area contributed by atoms with Crippen molar-refractivity contribution < 1.29 is 9.21 Å². The molecule has 5 nitrogen and oxygen atoms in total. The first kappa shape index (κ1) is 15.8. The average molecular weight is 315 g/mol. The molecule has 1 amide bonds. The van der Waals surface area contributed by atoms with Gasteiger partial charge in [0.05, 0.1) is 12.2 Å². The maximum atomic E-state index is 12.8. The summed E-state index contributed by atoms with van der Waals surface area (Å²) in [4.78, 5) is 14.7. The van der Waals surface area contributed by atoms with Crippen molar-refractivity contribution in [2.45, 2.75) is 65.6 Å². The third-order valence-corrected chi connectivity index (χ3v) is 4.71. The van der Waals surface area contributed by atoms with Crippen LogP contribution in [-0.4, -0.2) is 32.7 Å². The summed E-state index contributed by atoms with van der Waals surface area (Å²) >= 11 is 0. The zero-order valence-electron chi connectivity index (χ0n) is 14.4. The molecular formula is C18H25N3O2. The predicted octanol–water partition coefficient (Wildman–Crippen LogP) is 3.54. The third-order valence-electron chi connectivity index (χ3n) is 4.71. The Bertz CT molecular complexity index is 691. The maximum absolute atomic E-state index is 12.8. The molecule has 0 unspecified atom stereocenters. The van der Waals surface area contributed by atoms with Gasteiger partial charge in [0, 0.05) is 17.8 Å². The van der Waals surface area contributed by atoms with E-state index in [1.54, 1.807) is 6.07 Å². The molecule has 1 fully saturated rings. The second kappa shape index (κ2) is 6.22. The van der Waals surface area contributed by atoms with Crippen LogP contribution in [0, 0.1) is 13.8 Å². The zero-order valence-corrected chi connectivity index (χ0v) is 14.4. The minimum absolute atomic E-state index is 0.00400. The van der Waals surface area contributed by atoms with Gasteiger partial charge in [-0.25, -0.2) is 0 Å². The molecular weight excluding hydrogens is 290 g/mol. The number of amides is 1. The van der Waals surface area contributed by atoms with Crippen molar-refractivity contribution in [1.82, 2.24) is 14.7 Å². The van der Waals surface area contributed by atoms with E-state index in [-0.39, 0.29) is 18.0 Å². The van der Waals surface area contributed by atoms with Gasteiger partial charge in [-0.05, 0) is 65.2 Å². The second-order valence-electron chi connectivity index (χ2n) is 6.69. The van der Waals surface area contributed by atoms with Gasteiger partial charge in [-0.1, -0.05) is 0 Å². The summed E-state index contributed by atoms with van der Waals surface area (Å²) in [6.45, 7) is 8.78. The summed E-state index contributed by atoms with van der Waals surface area (Å²) in [6.07, 6.45) is 3.32. The Kier molecular flexibility index (Phi) is 4.28. The molecule has 0 N–H and O–H groups in total. The van der Waals surface area contributed by atoms with Crippen LogP contribution in [0.25, 0.3) is 0 Å². The van der Waals surface area contributed by atoms with Crippen LogP contribution in [0.1, 0.15) is 60.8 Å². The van der Waals surface area contributed by atoms with Crippen molar-refractivity contribution in [1.29, 1.82) is 0 Å². The van der Waals surface area contributed by atoms with E-state index in [1.165, 1.54) is 6.42 Å². The number of carbonyl (C=O) groups is 1. The first-order valence-corrected chi connectivity index (χ1v) is 8.38. The van der Waals surface area contributed by atoms with Crippen LogP contribution in [0.2, 0.25) is 0 Å². The lowest BCUT2D eigenvalue weighted by molar-refractivity contribution is 0.0476. The summed E-state index contributed by atoms with van der Waals surface area (Å²) < 4.78 is 7.71. The summed E-state index contributed by atoms with van der Waals surface area (Å²) in [5, 5.41) is 4.43. The minimum atomic E-state index is 0.00400. The normalized spacial score (nSPS) is 21.7. The Morgan fingerprint density at radius 2 is 1.96 bits per heavy atom. The number of likely N-dealkylation sites (tertiary alicyclic amines) is 1. The van der Waals surface area contributed by atoms with Gasteiger partial charge in [0.25, 0.3) is 5.91 Å². The number of carbonyl (C=O) groups excluding carboxylic acids is 1. The van der Waals surface area contributed by atoms with Crippen molar-refractivity contribution in [2.75, 3.05) is 0 Å². The number of nitrogens with zero attached hydrogens (tertiary/aromatic N) is 3. The number of aryl methyl sites for hydroxylation is 2. The molecule has 2 atom stereocenters. The van der Waals surface area contributed by atoms with Crippen molar-refractivity contribution in [3.63, 3.8) is 0 Å². The largest absolute Gasteiger partial charge is 0.454 e. The van der Waals surface area contributed by atoms with Gasteiger partial charge in [-0.2, -0.15) is 5.10 Å². The van der Waals surface area contributed by atoms with E-state index < -0.39 is 0 Å². The van der Waals surface area contributed by atoms with Gasteiger partial charge < -0.3 is 9.32 Å². The lowest BCUT2D eigenvalue weighted by Gasteiger charge is -2.38. The SMILES string of the molecule is Cc1cc(C)n(Cc2ccc(C(=O)N3[C@@H](C)CCC[C@@H]3C)o2)n1. The van der Waals surface area contributed by atoms with Crippen LogP contribution in [0.4, 0.5) is 0 Å². The third kappa shape index (κ3) is 3.19. The van der Waals surface area contributed by atoms with E-state index in [1.807, 2.05) is 35.6 Å². The molecule has 5 heteroatoms. The quantitative estimate of drug-likeness (QED) is 0.870. The molecule has 0 spiro atoms. The lowest BCUT2D eigenvalue weighted by Crippen LogP contribution is -2.47. The molecule has 3 rings (SSSR count). The van der Waals surface area contributed by atoms with E-state index in [4.69, 9.17) is 4.42 Å². The van der Waals surface area contributed by atoms with Crippen LogP contribution in [-0.2, 0) is 6.54 Å². The average Bonchev–Trinajstić information content (AvgIpc) is 3.06. The number of hydrogen-bond acceptors (Lipinski definition) is 3. The van der Waals surface area contributed by atoms with Gasteiger partial charge in [0.2, 0.25) is 0 Å². The first-order chi connectivity index (χ1) is 11.0. The number of piperidine rings is 1. The van der Waals surface area contributed by atoms with Crippen LogP contribution < -0.4 is 0 Å². The predicted molar refractivity (Wildman–Crippen MR) is 88.5 cm³/mol. The number of furan rings is 1. The van der Waals surface area contributed by atoms with Crippen molar-refractivity contribution in [3.05, 3.63) is 41.1 Å². The highest BCUT2D eigenvalue weighted by Gasteiger charge is 2.31. The van der Waals surface area contributed by atoms with Gasteiger partial charge in [0.1, 0.15) is 5.76 Å². The van der Waals surface area contributed by atoms with E-state index in [9.17, 15) is 4.79 Å². The molecule has 2 aromatic rings. The lowest BCUT2D eigenvalue weighted by atomic mass is 9.97. The van der Waals surface area contributed by atoms with E-state index in [2.05, 4.69) is 18.9 Å². The Labute approximate surface area is 137 Å². The Morgan fingerprint density at radius 3 is 2.57 bits per heavy atom. The van der Waals surface area contributed by atoms with Crippen molar-refractivity contribution >= 4 is 5.91 Å². The molecule has 1 saturated heterocycles. The van der Waals surface area contributed by atoms with Gasteiger partial charge in [0.15, 0.2) is 5.76 Å². The molecule has 0 radical (unpaired) electrons. The zero-order chi connectivity index (χ0) is 16.6. The molecule has 23 heavy (non-hydrogen) atoms. The van der Waals surface area contributed by atoms with Gasteiger partial charge >= 0.3 is 0 Å². The van der Waals surface area contributed by atoms with Crippen molar-refractivity contribution in [3.8, 4) is 0 Å². The fourth-order valence-electron chi connectivity index (χ4n) is 3.51. The standard InChI is InChI=1S/C18H25N3O2/c1-12-10-15(4)20(19-12)11-16-8-9-17(23-16)18(22)21-13(2)6-5-7-14(21)3/h8-10,13-14H,5-7,11H2,1-4H3/t13-,14-/m0/s1. The maximum Gasteiger partial charge on any atom is 0.290 e. The smallest absolute Gasteiger partial charge is 0.290 e. The monoisotopic (exact) mass is 315 g/mol. The Morgan fingerprint density at radius 1 is 1.26 bits per heavy atom. The van der Waals surface area contributed by atoms with Crippen LogP contribution >= 0.6 is 0 Å². The molecule has 0 aliphatic carbocycles. The van der Waals surface area contributed by atoms with Crippen LogP contribution in [0.3, 0.4) is 0 Å².